The molecule has 1 aliphatic rings. The summed E-state index contributed by atoms with van der Waals surface area (Å²) < 4.78 is 44.3. The molecular formula is C31H33ClFN5O4S. The maximum Gasteiger partial charge on any atom is 0.255 e. The van der Waals surface area contributed by atoms with Crippen molar-refractivity contribution in [2.45, 2.75) is 25.4 Å². The first-order valence-electron chi connectivity index (χ1n) is 13.5. The molecule has 3 N–H and O–H groups in total. The van der Waals surface area contributed by atoms with Gasteiger partial charge in [-0.1, -0.05) is 12.1 Å². The molecule has 0 spiro atoms. The van der Waals surface area contributed by atoms with E-state index < -0.39 is 15.8 Å². The lowest BCUT2D eigenvalue weighted by molar-refractivity contribution is 0.102. The standard InChI is InChI=1S/C31H32FN5O4S.ClH/c1-42(39,40)36-27-10-12-29(13-11-27)41-30-14-5-22(20-33-30)21-37-17-15-26(16-18-37)34-25-8-6-23(7-9-25)31(38)35-28-4-2-3-24(32)19-28;/h2-14,19-20,26,34,36H,15-18,21H2,1H3,(H,35,38);1H. The zero-order valence-corrected chi connectivity index (χ0v) is 25.1. The largest absolute Gasteiger partial charge is 0.439 e. The van der Waals surface area contributed by atoms with Crippen molar-refractivity contribution >= 4 is 45.4 Å². The summed E-state index contributed by atoms with van der Waals surface area (Å²) >= 11 is 0. The highest BCUT2D eigenvalue weighted by molar-refractivity contribution is 7.92. The van der Waals surface area contributed by atoms with Gasteiger partial charge in [0.2, 0.25) is 15.9 Å². The fourth-order valence-electron chi connectivity index (χ4n) is 4.71. The van der Waals surface area contributed by atoms with E-state index in [0.29, 0.717) is 34.6 Å². The van der Waals surface area contributed by atoms with Crippen molar-refractivity contribution in [3.8, 4) is 11.6 Å². The number of likely N-dealkylation sites (tertiary alicyclic amines) is 1. The van der Waals surface area contributed by atoms with Crippen LogP contribution in [0.25, 0.3) is 0 Å². The van der Waals surface area contributed by atoms with Crippen LogP contribution >= 0.6 is 12.4 Å². The second-order valence-electron chi connectivity index (χ2n) is 10.2. The van der Waals surface area contributed by atoms with Gasteiger partial charge in [-0.2, -0.15) is 0 Å². The predicted octanol–water partition coefficient (Wildman–Crippen LogP) is 6.14. The Morgan fingerprint density at radius 3 is 2.28 bits per heavy atom. The Morgan fingerprint density at radius 2 is 1.65 bits per heavy atom. The zero-order valence-electron chi connectivity index (χ0n) is 23.5. The molecule has 0 unspecified atom stereocenters. The molecule has 43 heavy (non-hydrogen) atoms. The number of ether oxygens (including phenoxy) is 1. The van der Waals surface area contributed by atoms with Gasteiger partial charge in [0.1, 0.15) is 11.6 Å². The number of hydrogen-bond acceptors (Lipinski definition) is 7. The number of aromatic nitrogens is 1. The van der Waals surface area contributed by atoms with Gasteiger partial charge >= 0.3 is 0 Å². The first-order valence-corrected chi connectivity index (χ1v) is 15.4. The first-order chi connectivity index (χ1) is 20.2. The van der Waals surface area contributed by atoms with Gasteiger partial charge in [0.05, 0.1) is 6.26 Å². The Kier molecular flexibility index (Phi) is 10.6. The Bertz CT molecular complexity index is 1610. The van der Waals surface area contributed by atoms with E-state index >= 15 is 0 Å². The number of halogens is 2. The third kappa shape index (κ3) is 9.67. The molecular weight excluding hydrogens is 593 g/mol. The van der Waals surface area contributed by atoms with Crippen LogP contribution in [0.5, 0.6) is 11.6 Å². The fourth-order valence-corrected chi connectivity index (χ4v) is 5.27. The summed E-state index contributed by atoms with van der Waals surface area (Å²) in [4.78, 5) is 19.3. The van der Waals surface area contributed by atoms with E-state index in [1.807, 2.05) is 30.5 Å². The molecule has 1 saturated heterocycles. The van der Waals surface area contributed by atoms with E-state index in [-0.39, 0.29) is 18.3 Å². The van der Waals surface area contributed by atoms with Crippen molar-refractivity contribution in [2.24, 2.45) is 0 Å². The molecule has 1 fully saturated rings. The van der Waals surface area contributed by atoms with E-state index in [1.165, 1.54) is 12.1 Å². The monoisotopic (exact) mass is 625 g/mol. The van der Waals surface area contributed by atoms with E-state index in [2.05, 4.69) is 25.2 Å². The Hall–Kier alpha value is -4.19. The Balaban J connectivity index is 0.00000423. The van der Waals surface area contributed by atoms with E-state index in [0.717, 1.165) is 50.0 Å². The molecule has 0 saturated carbocycles. The second kappa shape index (κ2) is 14.3. The van der Waals surface area contributed by atoms with Gasteiger partial charge in [-0.3, -0.25) is 14.4 Å². The number of amides is 1. The molecule has 1 aromatic heterocycles. The maximum absolute atomic E-state index is 13.4. The molecule has 1 aliphatic heterocycles. The number of sulfonamides is 1. The molecule has 3 aromatic carbocycles. The molecule has 1 amide bonds. The number of piperidine rings is 1. The summed E-state index contributed by atoms with van der Waals surface area (Å²) in [6, 6.07) is 23.9. The number of carbonyl (C=O) groups is 1. The minimum absolute atomic E-state index is 0. The number of anilines is 3. The second-order valence-corrected chi connectivity index (χ2v) is 12.0. The van der Waals surface area contributed by atoms with Crippen LogP contribution in [0.2, 0.25) is 0 Å². The predicted molar refractivity (Wildman–Crippen MR) is 169 cm³/mol. The third-order valence-corrected chi connectivity index (χ3v) is 7.38. The SMILES string of the molecule is CS(=O)(=O)Nc1ccc(Oc2ccc(CN3CCC(Nc4ccc(C(=O)Nc5cccc(F)c5)cc4)CC3)cn2)cc1.Cl. The van der Waals surface area contributed by atoms with Gasteiger partial charge in [0.15, 0.2) is 0 Å². The van der Waals surface area contributed by atoms with Crippen molar-refractivity contribution in [2.75, 3.05) is 34.7 Å². The van der Waals surface area contributed by atoms with Crippen LogP contribution in [0, 0.1) is 5.82 Å². The average Bonchev–Trinajstić information content (AvgIpc) is 2.96. The lowest BCUT2D eigenvalue weighted by Crippen LogP contribution is -2.38. The van der Waals surface area contributed by atoms with Crippen LogP contribution < -0.4 is 20.1 Å². The molecule has 226 valence electrons. The lowest BCUT2D eigenvalue weighted by Gasteiger charge is -2.32. The highest BCUT2D eigenvalue weighted by atomic mass is 35.5. The number of carbonyl (C=O) groups excluding carboxylic acids is 1. The summed E-state index contributed by atoms with van der Waals surface area (Å²) in [7, 11) is -3.33. The minimum atomic E-state index is -3.33. The quantitative estimate of drug-likeness (QED) is 0.194. The number of nitrogens with zero attached hydrogens (tertiary/aromatic N) is 2. The van der Waals surface area contributed by atoms with E-state index in [1.54, 1.807) is 48.5 Å². The van der Waals surface area contributed by atoms with Crippen molar-refractivity contribution in [1.82, 2.24) is 9.88 Å². The Morgan fingerprint density at radius 1 is 0.953 bits per heavy atom. The molecule has 0 radical (unpaired) electrons. The van der Waals surface area contributed by atoms with Crippen molar-refractivity contribution in [1.29, 1.82) is 0 Å². The van der Waals surface area contributed by atoms with Crippen LogP contribution in [0.4, 0.5) is 21.5 Å². The molecule has 0 atom stereocenters. The summed E-state index contributed by atoms with van der Waals surface area (Å²) in [5, 5.41) is 6.27. The number of hydrogen-bond donors (Lipinski definition) is 3. The maximum atomic E-state index is 13.4. The fraction of sp³-hybridized carbons (Fsp3) is 0.226. The average molecular weight is 626 g/mol. The normalized spacial score (nSPS) is 13.9. The van der Waals surface area contributed by atoms with Crippen molar-refractivity contribution < 1.29 is 22.3 Å². The van der Waals surface area contributed by atoms with Crippen LogP contribution in [0.15, 0.2) is 91.1 Å². The van der Waals surface area contributed by atoms with Gasteiger partial charge in [-0.05, 0) is 85.1 Å². The highest BCUT2D eigenvalue weighted by Crippen LogP contribution is 2.23. The van der Waals surface area contributed by atoms with Gasteiger partial charge in [-0.15, -0.1) is 12.4 Å². The molecule has 2 heterocycles. The lowest BCUT2D eigenvalue weighted by atomic mass is 10.0. The molecule has 12 heteroatoms. The third-order valence-electron chi connectivity index (χ3n) is 6.77. The zero-order chi connectivity index (χ0) is 29.5. The number of pyridine rings is 1. The van der Waals surface area contributed by atoms with Crippen molar-refractivity contribution in [3.63, 3.8) is 0 Å². The van der Waals surface area contributed by atoms with Crippen LogP contribution in [-0.2, 0) is 16.6 Å². The van der Waals surface area contributed by atoms with Crippen LogP contribution in [0.3, 0.4) is 0 Å². The topological polar surface area (TPSA) is 113 Å². The van der Waals surface area contributed by atoms with Crippen molar-refractivity contribution in [3.05, 3.63) is 108 Å². The number of nitrogens with one attached hydrogen (secondary N) is 3. The summed E-state index contributed by atoms with van der Waals surface area (Å²) in [5.74, 6) is 0.340. The smallest absolute Gasteiger partial charge is 0.255 e. The minimum Gasteiger partial charge on any atom is -0.439 e. The van der Waals surface area contributed by atoms with Gasteiger partial charge in [0.25, 0.3) is 5.91 Å². The van der Waals surface area contributed by atoms with E-state index in [9.17, 15) is 17.6 Å². The molecule has 9 nitrogen and oxygen atoms in total. The summed E-state index contributed by atoms with van der Waals surface area (Å²) in [5.41, 5.74) is 3.44. The molecule has 4 aromatic rings. The number of benzene rings is 3. The highest BCUT2D eigenvalue weighted by Gasteiger charge is 2.19. The molecule has 5 rings (SSSR count). The van der Waals surface area contributed by atoms with Crippen LogP contribution in [-0.4, -0.2) is 49.6 Å². The van der Waals surface area contributed by atoms with Gasteiger partial charge in [0, 0.05) is 60.6 Å². The Labute approximate surface area is 256 Å². The van der Waals surface area contributed by atoms with Crippen LogP contribution in [0.1, 0.15) is 28.8 Å². The molecule has 0 aliphatic carbocycles. The van der Waals surface area contributed by atoms with Gasteiger partial charge < -0.3 is 15.4 Å². The number of rotatable bonds is 10. The van der Waals surface area contributed by atoms with E-state index in [4.69, 9.17) is 4.74 Å². The summed E-state index contributed by atoms with van der Waals surface area (Å²) in [6.07, 6.45) is 4.89. The molecule has 0 bridgehead atoms. The summed E-state index contributed by atoms with van der Waals surface area (Å²) in [6.45, 7) is 2.68. The first kappa shape index (κ1) is 31.7. The van der Waals surface area contributed by atoms with Gasteiger partial charge in [-0.25, -0.2) is 17.8 Å².